The second-order valence-electron chi connectivity index (χ2n) is 4.06. The summed E-state index contributed by atoms with van der Waals surface area (Å²) < 4.78 is 0. The first kappa shape index (κ1) is 12.3. The van der Waals surface area contributed by atoms with Gasteiger partial charge in [-0.2, -0.15) is 0 Å². The fraction of sp³-hybridized carbons (Fsp3) is 0.250. The molecule has 94 valence electrons. The normalized spacial score (nSPS) is 15.2. The number of amides is 2. The number of nitrogens with one attached hydrogen (secondary N) is 1. The number of hydrogen-bond donors (Lipinski definition) is 3. The van der Waals surface area contributed by atoms with Gasteiger partial charge in [-0.05, 0) is 30.5 Å². The molecule has 1 unspecified atom stereocenters. The molecule has 0 aliphatic carbocycles. The summed E-state index contributed by atoms with van der Waals surface area (Å²) in [6.07, 6.45) is -1.04. The van der Waals surface area contributed by atoms with E-state index in [9.17, 15) is 14.4 Å². The van der Waals surface area contributed by atoms with Crippen LogP contribution in [0.1, 0.15) is 32.7 Å². The van der Waals surface area contributed by atoms with E-state index in [1.807, 2.05) is 0 Å². The summed E-state index contributed by atoms with van der Waals surface area (Å²) in [4.78, 5) is 33.1. The van der Waals surface area contributed by atoms with Crippen molar-refractivity contribution in [2.24, 2.45) is 0 Å². The van der Waals surface area contributed by atoms with Crippen molar-refractivity contribution in [3.63, 3.8) is 0 Å². The van der Waals surface area contributed by atoms with Crippen LogP contribution < -0.4 is 5.32 Å². The number of carbonyl (C=O) groups excluding carboxylic acids is 2. The maximum atomic E-state index is 11.4. The Morgan fingerprint density at radius 2 is 1.89 bits per heavy atom. The van der Waals surface area contributed by atoms with Crippen molar-refractivity contribution in [3.05, 3.63) is 34.9 Å². The van der Waals surface area contributed by atoms with Gasteiger partial charge in [-0.25, -0.2) is 4.79 Å². The highest BCUT2D eigenvalue weighted by molar-refractivity contribution is 6.21. The van der Waals surface area contributed by atoms with Gasteiger partial charge in [0.25, 0.3) is 11.8 Å². The molecule has 0 spiro atoms. The molecule has 0 aromatic heterocycles. The molecule has 0 fully saturated rings. The molecule has 1 heterocycles. The van der Waals surface area contributed by atoms with Crippen LogP contribution >= 0.6 is 0 Å². The zero-order valence-electron chi connectivity index (χ0n) is 9.34. The molecule has 0 bridgehead atoms. The summed E-state index contributed by atoms with van der Waals surface area (Å²) in [5.74, 6) is -2.15. The van der Waals surface area contributed by atoms with E-state index in [1.165, 1.54) is 6.07 Å². The number of carboxylic acids is 1. The van der Waals surface area contributed by atoms with E-state index in [2.05, 4.69) is 5.32 Å². The fourth-order valence-corrected chi connectivity index (χ4v) is 1.80. The number of rotatable bonds is 4. The second-order valence-corrected chi connectivity index (χ2v) is 4.06. The standard InChI is InChI=1S/C12H11NO5/c14-9(12(17)18)4-2-6-1-3-7-8(5-6)11(16)13-10(7)15/h1,3,5,9,14H,2,4H2,(H,17,18)(H,13,15,16). The molecule has 1 aromatic rings. The van der Waals surface area contributed by atoms with Gasteiger partial charge in [0, 0.05) is 0 Å². The lowest BCUT2D eigenvalue weighted by Crippen LogP contribution is -2.20. The van der Waals surface area contributed by atoms with Gasteiger partial charge in [0.2, 0.25) is 0 Å². The van der Waals surface area contributed by atoms with Crippen molar-refractivity contribution >= 4 is 17.8 Å². The highest BCUT2D eigenvalue weighted by Crippen LogP contribution is 2.18. The van der Waals surface area contributed by atoms with Gasteiger partial charge in [0.15, 0.2) is 6.10 Å². The van der Waals surface area contributed by atoms with Crippen molar-refractivity contribution in [1.82, 2.24) is 5.32 Å². The summed E-state index contributed by atoms with van der Waals surface area (Å²) in [5.41, 5.74) is 1.32. The maximum Gasteiger partial charge on any atom is 0.332 e. The number of hydrogen-bond acceptors (Lipinski definition) is 4. The van der Waals surface area contributed by atoms with Crippen molar-refractivity contribution in [3.8, 4) is 0 Å². The van der Waals surface area contributed by atoms with Crippen LogP contribution in [0.15, 0.2) is 18.2 Å². The first-order valence-corrected chi connectivity index (χ1v) is 5.38. The number of aliphatic hydroxyl groups excluding tert-OH is 1. The van der Waals surface area contributed by atoms with Crippen molar-refractivity contribution in [2.75, 3.05) is 0 Å². The monoisotopic (exact) mass is 249 g/mol. The smallest absolute Gasteiger partial charge is 0.332 e. The second kappa shape index (κ2) is 4.58. The molecule has 1 aromatic carbocycles. The summed E-state index contributed by atoms with van der Waals surface area (Å²) >= 11 is 0. The average molecular weight is 249 g/mol. The number of carboxylic acid groups (broad SMARTS) is 1. The molecule has 0 saturated heterocycles. The molecule has 1 aliphatic rings. The minimum absolute atomic E-state index is 0.0592. The zero-order chi connectivity index (χ0) is 13.3. The van der Waals surface area contributed by atoms with Crippen LogP contribution in [-0.2, 0) is 11.2 Å². The van der Waals surface area contributed by atoms with Gasteiger partial charge < -0.3 is 10.2 Å². The van der Waals surface area contributed by atoms with Crippen LogP contribution in [-0.4, -0.2) is 34.1 Å². The third-order valence-corrected chi connectivity index (χ3v) is 2.79. The van der Waals surface area contributed by atoms with Crippen LogP contribution in [0.4, 0.5) is 0 Å². The molecule has 6 nitrogen and oxygen atoms in total. The summed E-state index contributed by atoms with van der Waals surface area (Å²) in [5, 5.41) is 19.8. The van der Waals surface area contributed by atoms with Crippen molar-refractivity contribution in [1.29, 1.82) is 0 Å². The number of aliphatic carboxylic acids is 1. The predicted octanol–water partition coefficient (Wildman–Crippen LogP) is -0.0517. The lowest BCUT2D eigenvalue weighted by atomic mass is 10.0. The highest BCUT2D eigenvalue weighted by atomic mass is 16.4. The SMILES string of the molecule is O=C1NC(=O)c2cc(CCC(O)C(=O)O)ccc21. The molecule has 0 saturated carbocycles. The molecule has 2 rings (SSSR count). The van der Waals surface area contributed by atoms with Crippen LogP contribution in [0, 0.1) is 0 Å². The largest absolute Gasteiger partial charge is 0.479 e. The van der Waals surface area contributed by atoms with Gasteiger partial charge in [0.05, 0.1) is 11.1 Å². The number of aliphatic hydroxyl groups is 1. The molecule has 1 atom stereocenters. The van der Waals surface area contributed by atoms with E-state index in [0.717, 1.165) is 0 Å². The number of imide groups is 1. The van der Waals surface area contributed by atoms with Gasteiger partial charge in [0.1, 0.15) is 0 Å². The first-order chi connectivity index (χ1) is 8.49. The predicted molar refractivity (Wildman–Crippen MR) is 60.2 cm³/mol. The minimum atomic E-state index is -1.42. The number of aryl methyl sites for hydroxylation is 1. The quantitative estimate of drug-likeness (QED) is 0.649. The van der Waals surface area contributed by atoms with Crippen LogP contribution in [0.3, 0.4) is 0 Å². The molecule has 3 N–H and O–H groups in total. The Bertz CT molecular complexity index is 537. The maximum absolute atomic E-state index is 11.4. The van der Waals surface area contributed by atoms with Crippen LogP contribution in [0.2, 0.25) is 0 Å². The number of benzene rings is 1. The van der Waals surface area contributed by atoms with E-state index >= 15 is 0 Å². The lowest BCUT2D eigenvalue weighted by molar-refractivity contribution is -0.146. The van der Waals surface area contributed by atoms with Crippen molar-refractivity contribution in [2.45, 2.75) is 18.9 Å². The van der Waals surface area contributed by atoms with Gasteiger partial charge in [-0.1, -0.05) is 6.07 Å². The zero-order valence-corrected chi connectivity index (χ0v) is 9.34. The third-order valence-electron chi connectivity index (χ3n) is 2.79. The van der Waals surface area contributed by atoms with Gasteiger partial charge >= 0.3 is 5.97 Å². The van der Waals surface area contributed by atoms with E-state index in [4.69, 9.17) is 10.2 Å². The molecule has 6 heteroatoms. The van der Waals surface area contributed by atoms with E-state index in [1.54, 1.807) is 12.1 Å². The molecule has 1 aliphatic heterocycles. The molecular weight excluding hydrogens is 238 g/mol. The van der Waals surface area contributed by atoms with Gasteiger partial charge in [-0.3, -0.25) is 14.9 Å². The molecule has 18 heavy (non-hydrogen) atoms. The Hall–Kier alpha value is -2.21. The number of carbonyl (C=O) groups is 3. The average Bonchev–Trinajstić information content (AvgIpc) is 2.61. The van der Waals surface area contributed by atoms with E-state index in [-0.39, 0.29) is 6.42 Å². The molecular formula is C12H11NO5. The highest BCUT2D eigenvalue weighted by Gasteiger charge is 2.26. The van der Waals surface area contributed by atoms with E-state index < -0.39 is 23.9 Å². The van der Waals surface area contributed by atoms with Gasteiger partial charge in [-0.15, -0.1) is 0 Å². The summed E-state index contributed by atoms with van der Waals surface area (Å²) in [6, 6.07) is 4.72. The van der Waals surface area contributed by atoms with Crippen LogP contribution in [0.5, 0.6) is 0 Å². The molecule has 2 amide bonds. The Balaban J connectivity index is 2.13. The van der Waals surface area contributed by atoms with Crippen LogP contribution in [0.25, 0.3) is 0 Å². The summed E-state index contributed by atoms with van der Waals surface area (Å²) in [6.45, 7) is 0. The number of fused-ring (bicyclic) bond motifs is 1. The van der Waals surface area contributed by atoms with Crippen molar-refractivity contribution < 1.29 is 24.6 Å². The Morgan fingerprint density at radius 3 is 2.56 bits per heavy atom. The lowest BCUT2D eigenvalue weighted by Gasteiger charge is -2.06. The Morgan fingerprint density at radius 1 is 1.22 bits per heavy atom. The first-order valence-electron chi connectivity index (χ1n) is 5.38. The minimum Gasteiger partial charge on any atom is -0.479 e. The summed E-state index contributed by atoms with van der Waals surface area (Å²) in [7, 11) is 0. The molecule has 0 radical (unpaired) electrons. The third kappa shape index (κ3) is 2.23. The Labute approximate surface area is 102 Å². The topological polar surface area (TPSA) is 104 Å². The fourth-order valence-electron chi connectivity index (χ4n) is 1.80. The van der Waals surface area contributed by atoms with E-state index in [0.29, 0.717) is 23.1 Å². The Kier molecular flexibility index (Phi) is 3.12.